The molecule has 142 valence electrons. The van der Waals surface area contributed by atoms with Crippen molar-refractivity contribution in [2.75, 3.05) is 13.6 Å². The van der Waals surface area contributed by atoms with Gasteiger partial charge < -0.3 is 4.90 Å². The molecule has 3 heteroatoms. The predicted molar refractivity (Wildman–Crippen MR) is 115 cm³/mol. The lowest BCUT2D eigenvalue weighted by atomic mass is 9.67. The smallest absolute Gasteiger partial charge is 0.0850 e. The summed E-state index contributed by atoms with van der Waals surface area (Å²) >= 11 is 3.53. The van der Waals surface area contributed by atoms with Crippen LogP contribution in [0.15, 0.2) is 59.1 Å². The minimum Gasteiger partial charge on any atom is -0.302 e. The van der Waals surface area contributed by atoms with E-state index in [1.54, 1.807) is 0 Å². The molecule has 2 aromatic rings. The van der Waals surface area contributed by atoms with E-state index in [-0.39, 0.29) is 5.41 Å². The maximum atomic E-state index is 10.3. The van der Waals surface area contributed by atoms with Gasteiger partial charge in [0.15, 0.2) is 0 Å². The zero-order chi connectivity index (χ0) is 19.1. The Labute approximate surface area is 172 Å². The largest absolute Gasteiger partial charge is 0.302 e. The van der Waals surface area contributed by atoms with Gasteiger partial charge in [-0.25, -0.2) is 0 Å². The fourth-order valence-electron chi connectivity index (χ4n) is 4.56. The van der Waals surface area contributed by atoms with Crippen molar-refractivity contribution in [1.29, 1.82) is 5.26 Å². The summed E-state index contributed by atoms with van der Waals surface area (Å²) in [5, 5.41) is 10.3. The number of benzene rings is 2. The van der Waals surface area contributed by atoms with Gasteiger partial charge >= 0.3 is 0 Å². The Morgan fingerprint density at radius 1 is 1.07 bits per heavy atom. The number of halogens is 1. The van der Waals surface area contributed by atoms with Gasteiger partial charge in [-0.2, -0.15) is 5.26 Å². The maximum Gasteiger partial charge on any atom is 0.0850 e. The number of rotatable bonds is 8. The molecule has 0 aliphatic heterocycles. The molecule has 27 heavy (non-hydrogen) atoms. The summed E-state index contributed by atoms with van der Waals surface area (Å²) in [7, 11) is 2.18. The molecule has 1 aliphatic rings. The van der Waals surface area contributed by atoms with Gasteiger partial charge in [-0.05, 0) is 68.5 Å². The first-order valence-electron chi connectivity index (χ1n) is 10.0. The highest BCUT2D eigenvalue weighted by Gasteiger charge is 2.41. The second-order valence-electron chi connectivity index (χ2n) is 7.90. The van der Waals surface area contributed by atoms with Crippen molar-refractivity contribution in [1.82, 2.24) is 4.90 Å². The third-order valence-corrected chi connectivity index (χ3v) is 6.55. The van der Waals surface area contributed by atoms with Gasteiger partial charge in [0.1, 0.15) is 0 Å². The summed E-state index contributed by atoms with van der Waals surface area (Å²) in [6.07, 6.45) is 6.88. The Balaban J connectivity index is 1.68. The van der Waals surface area contributed by atoms with Crippen molar-refractivity contribution in [2.24, 2.45) is 5.92 Å². The molecule has 1 aliphatic carbocycles. The monoisotopic (exact) mass is 424 g/mol. The standard InChI is InChI=1S/C24H29BrN2/c1-27(18-20-8-3-2-4-9-20)17-7-16-24(19-26,21-10-5-6-11-21)22-12-14-23(25)15-13-22/h2-4,8-9,12-15,21H,5-7,10-11,16-18H2,1H3. The molecule has 0 aromatic heterocycles. The quantitative estimate of drug-likeness (QED) is 0.495. The minimum atomic E-state index is -0.342. The molecule has 0 heterocycles. The number of nitrogens with zero attached hydrogens (tertiary/aromatic N) is 2. The van der Waals surface area contributed by atoms with Crippen molar-refractivity contribution in [3.05, 3.63) is 70.2 Å². The maximum absolute atomic E-state index is 10.3. The number of hydrogen-bond donors (Lipinski definition) is 0. The van der Waals surface area contributed by atoms with Crippen molar-refractivity contribution in [2.45, 2.75) is 50.5 Å². The van der Waals surface area contributed by atoms with Crippen molar-refractivity contribution in [3.8, 4) is 6.07 Å². The lowest BCUT2D eigenvalue weighted by molar-refractivity contribution is 0.272. The van der Waals surface area contributed by atoms with Crippen LogP contribution in [0.1, 0.15) is 49.7 Å². The fourth-order valence-corrected chi connectivity index (χ4v) is 4.83. The van der Waals surface area contributed by atoms with Gasteiger partial charge in [-0.3, -0.25) is 0 Å². The molecule has 0 amide bonds. The molecule has 1 fully saturated rings. The van der Waals surface area contributed by atoms with E-state index in [1.165, 1.54) is 36.8 Å². The summed E-state index contributed by atoms with van der Waals surface area (Å²) in [5.41, 5.74) is 2.20. The Morgan fingerprint density at radius 3 is 2.37 bits per heavy atom. The zero-order valence-corrected chi connectivity index (χ0v) is 17.8. The predicted octanol–water partition coefficient (Wildman–Crippen LogP) is 6.31. The third kappa shape index (κ3) is 5.00. The van der Waals surface area contributed by atoms with E-state index < -0.39 is 0 Å². The minimum absolute atomic E-state index is 0.342. The Hall–Kier alpha value is -1.63. The van der Waals surface area contributed by atoms with E-state index in [0.29, 0.717) is 5.92 Å². The molecule has 2 nitrogen and oxygen atoms in total. The van der Waals surface area contributed by atoms with E-state index in [1.807, 2.05) is 0 Å². The van der Waals surface area contributed by atoms with Gasteiger partial charge in [0, 0.05) is 11.0 Å². The molecular weight excluding hydrogens is 396 g/mol. The SMILES string of the molecule is CN(CCCC(C#N)(c1ccc(Br)cc1)C1CCCC1)Cc1ccccc1. The second kappa shape index (κ2) is 9.53. The van der Waals surface area contributed by atoms with Gasteiger partial charge in [-0.15, -0.1) is 0 Å². The Morgan fingerprint density at radius 2 is 1.74 bits per heavy atom. The van der Waals surface area contributed by atoms with Crippen LogP contribution in [0.4, 0.5) is 0 Å². The van der Waals surface area contributed by atoms with Crippen LogP contribution in [0.5, 0.6) is 0 Å². The molecule has 0 radical (unpaired) electrons. The summed E-state index contributed by atoms with van der Waals surface area (Å²) in [5.74, 6) is 0.489. The van der Waals surface area contributed by atoms with Crippen LogP contribution in [0.25, 0.3) is 0 Å². The Kier molecular flexibility index (Phi) is 7.10. The van der Waals surface area contributed by atoms with Crippen LogP contribution < -0.4 is 0 Å². The molecule has 0 bridgehead atoms. The van der Waals surface area contributed by atoms with Crippen LogP contribution in [0.3, 0.4) is 0 Å². The van der Waals surface area contributed by atoms with Crippen LogP contribution in [0, 0.1) is 17.2 Å². The average Bonchev–Trinajstić information content (AvgIpc) is 3.22. The van der Waals surface area contributed by atoms with E-state index in [2.05, 4.69) is 88.5 Å². The van der Waals surface area contributed by atoms with Gasteiger partial charge in [0.25, 0.3) is 0 Å². The van der Waals surface area contributed by atoms with E-state index in [9.17, 15) is 5.26 Å². The molecule has 2 aromatic carbocycles. The lowest BCUT2D eigenvalue weighted by Crippen LogP contribution is -2.33. The fraction of sp³-hybridized carbons (Fsp3) is 0.458. The van der Waals surface area contributed by atoms with E-state index in [0.717, 1.165) is 30.4 Å². The van der Waals surface area contributed by atoms with Crippen molar-refractivity contribution in [3.63, 3.8) is 0 Å². The van der Waals surface area contributed by atoms with Crippen LogP contribution >= 0.6 is 15.9 Å². The van der Waals surface area contributed by atoms with Gasteiger partial charge in [0.2, 0.25) is 0 Å². The number of nitriles is 1. The highest BCUT2D eigenvalue weighted by atomic mass is 79.9. The Bertz CT molecular complexity index is 744. The molecule has 1 unspecified atom stereocenters. The van der Waals surface area contributed by atoms with Crippen molar-refractivity contribution >= 4 is 15.9 Å². The topological polar surface area (TPSA) is 27.0 Å². The normalized spacial score (nSPS) is 17.0. The van der Waals surface area contributed by atoms with Gasteiger partial charge in [0.05, 0.1) is 11.5 Å². The van der Waals surface area contributed by atoms with Crippen LogP contribution in [0.2, 0.25) is 0 Å². The molecule has 0 N–H and O–H groups in total. The van der Waals surface area contributed by atoms with Crippen LogP contribution in [-0.4, -0.2) is 18.5 Å². The van der Waals surface area contributed by atoms with Crippen molar-refractivity contribution < 1.29 is 0 Å². The first-order valence-corrected chi connectivity index (χ1v) is 10.8. The summed E-state index contributed by atoms with van der Waals surface area (Å²) < 4.78 is 1.08. The molecule has 0 spiro atoms. The molecule has 1 atom stereocenters. The van der Waals surface area contributed by atoms with E-state index >= 15 is 0 Å². The molecule has 1 saturated carbocycles. The summed E-state index contributed by atoms with van der Waals surface area (Å²) in [6.45, 7) is 1.98. The zero-order valence-electron chi connectivity index (χ0n) is 16.2. The van der Waals surface area contributed by atoms with Gasteiger partial charge in [-0.1, -0.05) is 71.2 Å². The third-order valence-electron chi connectivity index (χ3n) is 6.02. The second-order valence-corrected chi connectivity index (χ2v) is 8.81. The number of hydrogen-bond acceptors (Lipinski definition) is 2. The molecule has 3 rings (SSSR count). The first-order chi connectivity index (χ1) is 13.1. The summed E-state index contributed by atoms with van der Waals surface area (Å²) in [6, 6.07) is 21.9. The van der Waals surface area contributed by atoms with E-state index in [4.69, 9.17) is 0 Å². The summed E-state index contributed by atoms with van der Waals surface area (Å²) in [4.78, 5) is 2.37. The highest BCUT2D eigenvalue weighted by molar-refractivity contribution is 9.10. The molecular formula is C24H29BrN2. The molecule has 0 saturated heterocycles. The average molecular weight is 425 g/mol. The first kappa shape index (κ1) is 20.1. The highest BCUT2D eigenvalue weighted by Crippen LogP contribution is 2.45. The van der Waals surface area contributed by atoms with Crippen LogP contribution in [-0.2, 0) is 12.0 Å². The lowest BCUT2D eigenvalue weighted by Gasteiger charge is -2.34.